The summed E-state index contributed by atoms with van der Waals surface area (Å²) in [5, 5.41) is 13.3. The highest BCUT2D eigenvalue weighted by Gasteiger charge is 2.13. The van der Waals surface area contributed by atoms with Gasteiger partial charge in [-0.15, -0.1) is 0 Å². The Labute approximate surface area is 245 Å². The van der Waals surface area contributed by atoms with Gasteiger partial charge in [-0.3, -0.25) is 4.79 Å². The van der Waals surface area contributed by atoms with E-state index in [2.05, 4.69) is 25.2 Å². The second-order valence-electron chi connectivity index (χ2n) is 12.3. The van der Waals surface area contributed by atoms with Gasteiger partial charge in [-0.05, 0) is 26.2 Å². The van der Waals surface area contributed by atoms with Crippen molar-refractivity contribution in [1.82, 2.24) is 5.32 Å². The van der Waals surface area contributed by atoms with Crippen molar-refractivity contribution < 1.29 is 9.90 Å². The van der Waals surface area contributed by atoms with Crippen LogP contribution >= 0.6 is 0 Å². The molecule has 0 aromatic heterocycles. The second kappa shape index (κ2) is 31.7. The third kappa shape index (κ3) is 30.0. The van der Waals surface area contributed by atoms with Crippen molar-refractivity contribution in [3.8, 4) is 0 Å². The number of hydrogen-bond donors (Lipinski definition) is 2. The molecule has 0 aliphatic rings. The molecule has 0 aromatic carbocycles. The van der Waals surface area contributed by atoms with Crippen LogP contribution in [0.4, 0.5) is 0 Å². The number of hydrogen-bond acceptors (Lipinski definition) is 2. The number of aliphatic hydroxyl groups excluding tert-OH is 1. The summed E-state index contributed by atoms with van der Waals surface area (Å²) in [6.45, 7) is 6.46. The lowest BCUT2D eigenvalue weighted by atomic mass is 10.0. The monoisotopic (exact) mass is 550 g/mol. The fourth-order valence-corrected chi connectivity index (χ4v) is 5.40. The minimum Gasteiger partial charge on any atom is -0.387 e. The van der Waals surface area contributed by atoms with Crippen LogP contribution in [0.5, 0.6) is 0 Å². The summed E-state index contributed by atoms with van der Waals surface area (Å²) in [7, 11) is 0. The molecule has 39 heavy (non-hydrogen) atoms. The van der Waals surface area contributed by atoms with Crippen LogP contribution in [0.2, 0.25) is 0 Å². The van der Waals surface area contributed by atoms with Gasteiger partial charge in [0.2, 0.25) is 5.91 Å². The number of amides is 1. The summed E-state index contributed by atoms with van der Waals surface area (Å²) in [4.78, 5) is 12.2. The zero-order chi connectivity index (χ0) is 28.7. The molecule has 0 aromatic rings. The highest BCUT2D eigenvalue weighted by Crippen LogP contribution is 2.14. The zero-order valence-corrected chi connectivity index (χ0v) is 27.0. The van der Waals surface area contributed by atoms with Crippen LogP contribution in [0.3, 0.4) is 0 Å². The predicted molar refractivity (Wildman–Crippen MR) is 173 cm³/mol. The molecule has 0 saturated heterocycles. The molecule has 0 heterocycles. The lowest BCUT2D eigenvalue weighted by Crippen LogP contribution is -2.40. The molecule has 1 amide bonds. The van der Waals surface area contributed by atoms with E-state index >= 15 is 0 Å². The molecule has 2 atom stereocenters. The summed E-state index contributed by atoms with van der Waals surface area (Å²) < 4.78 is 0. The molecular formula is C36H71NO2. The van der Waals surface area contributed by atoms with Gasteiger partial charge in [-0.1, -0.05) is 180 Å². The van der Waals surface area contributed by atoms with E-state index in [0.29, 0.717) is 6.42 Å². The Morgan fingerprint density at radius 2 is 0.897 bits per heavy atom. The molecule has 232 valence electrons. The van der Waals surface area contributed by atoms with E-state index in [1.165, 1.54) is 154 Å². The standard InChI is InChI=1S/C36H71NO2/c1-4-6-8-10-12-14-16-18-19-21-23-25-27-29-31-33-36(39)37-34(3)35(38)32-30-28-26-24-22-20-17-15-13-11-9-7-5-2/h30,32,34-35,38H,4-29,31,33H2,1-3H3,(H,37,39). The first-order valence-corrected chi connectivity index (χ1v) is 17.8. The Morgan fingerprint density at radius 3 is 1.28 bits per heavy atom. The van der Waals surface area contributed by atoms with Crippen LogP contribution in [0.15, 0.2) is 12.2 Å². The third-order valence-electron chi connectivity index (χ3n) is 8.22. The minimum atomic E-state index is -0.595. The molecule has 0 aliphatic carbocycles. The van der Waals surface area contributed by atoms with Crippen molar-refractivity contribution in [2.24, 2.45) is 0 Å². The Morgan fingerprint density at radius 1 is 0.564 bits per heavy atom. The highest BCUT2D eigenvalue weighted by molar-refractivity contribution is 5.76. The maximum absolute atomic E-state index is 12.2. The van der Waals surface area contributed by atoms with Crippen LogP contribution in [0.1, 0.15) is 201 Å². The number of aliphatic hydroxyl groups is 1. The maximum Gasteiger partial charge on any atom is 0.220 e. The molecule has 0 radical (unpaired) electrons. The quantitative estimate of drug-likeness (QED) is 0.0667. The van der Waals surface area contributed by atoms with Crippen LogP contribution < -0.4 is 5.32 Å². The normalized spacial score (nSPS) is 13.2. The fourth-order valence-electron chi connectivity index (χ4n) is 5.40. The number of nitrogens with one attached hydrogen (secondary N) is 1. The largest absolute Gasteiger partial charge is 0.387 e. The molecule has 0 bridgehead atoms. The number of unbranched alkanes of at least 4 members (excludes halogenated alkanes) is 25. The predicted octanol–water partition coefficient (Wildman–Crippen LogP) is 11.4. The van der Waals surface area contributed by atoms with E-state index in [9.17, 15) is 9.90 Å². The molecule has 0 saturated carbocycles. The first-order valence-electron chi connectivity index (χ1n) is 17.8. The van der Waals surface area contributed by atoms with Gasteiger partial charge in [0.25, 0.3) is 0 Å². The van der Waals surface area contributed by atoms with Crippen molar-refractivity contribution in [3.05, 3.63) is 12.2 Å². The van der Waals surface area contributed by atoms with E-state index in [-0.39, 0.29) is 11.9 Å². The highest BCUT2D eigenvalue weighted by atomic mass is 16.3. The first kappa shape index (κ1) is 38.2. The topological polar surface area (TPSA) is 49.3 Å². The Kier molecular flexibility index (Phi) is 31.0. The smallest absolute Gasteiger partial charge is 0.220 e. The van der Waals surface area contributed by atoms with E-state index in [4.69, 9.17) is 0 Å². The molecule has 3 nitrogen and oxygen atoms in total. The third-order valence-corrected chi connectivity index (χ3v) is 8.22. The van der Waals surface area contributed by atoms with Gasteiger partial charge in [0, 0.05) is 6.42 Å². The minimum absolute atomic E-state index is 0.0787. The molecule has 2 N–H and O–H groups in total. The summed E-state index contributed by atoms with van der Waals surface area (Å²) >= 11 is 0. The molecule has 0 spiro atoms. The van der Waals surface area contributed by atoms with Crippen molar-refractivity contribution in [2.45, 2.75) is 213 Å². The molecular weight excluding hydrogens is 478 g/mol. The summed E-state index contributed by atoms with van der Waals surface area (Å²) in [6.07, 6.45) is 39.9. The van der Waals surface area contributed by atoms with Crippen LogP contribution in [0.25, 0.3) is 0 Å². The first-order chi connectivity index (χ1) is 19.1. The summed E-state index contributed by atoms with van der Waals surface area (Å²) in [6, 6.07) is -0.220. The maximum atomic E-state index is 12.2. The van der Waals surface area contributed by atoms with Gasteiger partial charge >= 0.3 is 0 Å². The molecule has 2 unspecified atom stereocenters. The summed E-state index contributed by atoms with van der Waals surface area (Å²) in [5.74, 6) is 0.0787. The van der Waals surface area contributed by atoms with Gasteiger partial charge in [-0.25, -0.2) is 0 Å². The SMILES string of the molecule is CCCCCCCCCCCCCC=CC(O)C(C)NC(=O)CCCCCCCCCCCCCCCCC. The Hall–Kier alpha value is -0.830. The fraction of sp³-hybridized carbons (Fsp3) is 0.917. The van der Waals surface area contributed by atoms with Gasteiger partial charge in [0.1, 0.15) is 0 Å². The molecule has 0 rings (SSSR count). The van der Waals surface area contributed by atoms with Crippen LogP contribution in [-0.4, -0.2) is 23.2 Å². The zero-order valence-electron chi connectivity index (χ0n) is 27.0. The van der Waals surface area contributed by atoms with E-state index in [1.54, 1.807) is 0 Å². The lowest BCUT2D eigenvalue weighted by molar-refractivity contribution is -0.122. The lowest BCUT2D eigenvalue weighted by Gasteiger charge is -2.17. The molecule has 3 heteroatoms. The average Bonchev–Trinajstić information content (AvgIpc) is 2.93. The number of carbonyl (C=O) groups is 1. The summed E-state index contributed by atoms with van der Waals surface area (Å²) in [5.41, 5.74) is 0. The van der Waals surface area contributed by atoms with Gasteiger partial charge in [0.15, 0.2) is 0 Å². The Balaban J connectivity index is 3.48. The number of rotatable bonds is 31. The number of carbonyl (C=O) groups excluding carboxylic acids is 1. The van der Waals surface area contributed by atoms with E-state index in [0.717, 1.165) is 19.3 Å². The Bertz CT molecular complexity index is 518. The van der Waals surface area contributed by atoms with Crippen molar-refractivity contribution >= 4 is 5.91 Å². The van der Waals surface area contributed by atoms with Gasteiger partial charge in [-0.2, -0.15) is 0 Å². The van der Waals surface area contributed by atoms with Gasteiger partial charge in [0.05, 0.1) is 12.1 Å². The molecule has 0 fully saturated rings. The van der Waals surface area contributed by atoms with Gasteiger partial charge < -0.3 is 10.4 Å². The van der Waals surface area contributed by atoms with Crippen molar-refractivity contribution in [3.63, 3.8) is 0 Å². The average molecular weight is 550 g/mol. The van der Waals surface area contributed by atoms with Crippen LogP contribution in [-0.2, 0) is 4.79 Å². The second-order valence-corrected chi connectivity index (χ2v) is 12.3. The molecule has 0 aliphatic heterocycles. The number of allylic oxidation sites excluding steroid dienone is 1. The van der Waals surface area contributed by atoms with Crippen LogP contribution in [0, 0.1) is 0 Å². The van der Waals surface area contributed by atoms with E-state index < -0.39 is 6.10 Å². The van der Waals surface area contributed by atoms with Crippen molar-refractivity contribution in [1.29, 1.82) is 0 Å². The van der Waals surface area contributed by atoms with Crippen molar-refractivity contribution in [2.75, 3.05) is 0 Å². The van der Waals surface area contributed by atoms with E-state index in [1.807, 2.05) is 13.0 Å².